The minimum absolute atomic E-state index is 0.330. The fraction of sp³-hybridized carbons (Fsp3) is 0.889. The average molecular weight is 154 g/mol. The van der Waals surface area contributed by atoms with E-state index in [2.05, 4.69) is 25.7 Å². The molecule has 0 amide bonds. The molecular weight excluding hydrogens is 136 g/mol. The molecule has 0 bridgehead atoms. The molecule has 0 saturated carbocycles. The van der Waals surface area contributed by atoms with Gasteiger partial charge in [0.2, 0.25) is 0 Å². The van der Waals surface area contributed by atoms with Gasteiger partial charge >= 0.3 is 0 Å². The first-order valence-corrected chi connectivity index (χ1v) is 4.31. The summed E-state index contributed by atoms with van der Waals surface area (Å²) in [5.41, 5.74) is 0.330. The molecule has 1 aliphatic rings. The van der Waals surface area contributed by atoms with Gasteiger partial charge in [0, 0.05) is 19.5 Å². The third-order valence-electron chi connectivity index (χ3n) is 1.89. The molecule has 0 unspecified atom stereocenters. The first-order chi connectivity index (χ1) is 4.99. The number of hydrogen-bond acceptors (Lipinski definition) is 1. The molecule has 1 fully saturated rings. The molecule has 0 aromatic carbocycles. The number of rotatable bonds is 1. The van der Waals surface area contributed by atoms with Crippen LogP contribution < -0.4 is 0 Å². The first-order valence-electron chi connectivity index (χ1n) is 4.31. The van der Waals surface area contributed by atoms with Gasteiger partial charge in [0.1, 0.15) is 0 Å². The molecule has 0 spiro atoms. The SMILES string of the molecule is CC(C)(C)CN1CCCC1=N. The highest BCUT2D eigenvalue weighted by Gasteiger charge is 2.21. The van der Waals surface area contributed by atoms with Gasteiger partial charge in [0.15, 0.2) is 0 Å². The number of amidine groups is 1. The average Bonchev–Trinajstić information content (AvgIpc) is 2.12. The Morgan fingerprint density at radius 1 is 1.45 bits per heavy atom. The molecule has 0 aromatic rings. The van der Waals surface area contributed by atoms with Crippen molar-refractivity contribution in [3.05, 3.63) is 0 Å². The van der Waals surface area contributed by atoms with Crippen LogP contribution in [0.25, 0.3) is 0 Å². The van der Waals surface area contributed by atoms with E-state index in [1.54, 1.807) is 0 Å². The second kappa shape index (κ2) is 2.84. The summed E-state index contributed by atoms with van der Waals surface area (Å²) in [4.78, 5) is 2.19. The topological polar surface area (TPSA) is 27.1 Å². The van der Waals surface area contributed by atoms with Crippen LogP contribution in [-0.2, 0) is 0 Å². The lowest BCUT2D eigenvalue weighted by molar-refractivity contribution is 0.287. The summed E-state index contributed by atoms with van der Waals surface area (Å²) in [7, 11) is 0. The summed E-state index contributed by atoms with van der Waals surface area (Å²) in [6.45, 7) is 8.79. The second-order valence-electron chi connectivity index (χ2n) is 4.53. The van der Waals surface area contributed by atoms with Gasteiger partial charge in [-0.05, 0) is 11.8 Å². The second-order valence-corrected chi connectivity index (χ2v) is 4.53. The zero-order valence-electron chi connectivity index (χ0n) is 7.78. The van der Waals surface area contributed by atoms with Crippen LogP contribution >= 0.6 is 0 Å². The summed E-state index contributed by atoms with van der Waals surface area (Å²) < 4.78 is 0. The maximum Gasteiger partial charge on any atom is 0.0958 e. The number of nitrogens with one attached hydrogen (secondary N) is 1. The highest BCUT2D eigenvalue weighted by molar-refractivity contribution is 5.80. The van der Waals surface area contributed by atoms with Gasteiger partial charge < -0.3 is 4.90 Å². The Kier molecular flexibility index (Phi) is 2.21. The molecule has 1 rings (SSSR count). The Bertz CT molecular complexity index is 155. The maximum atomic E-state index is 7.61. The standard InChI is InChI=1S/C9H18N2/c1-9(2,3)7-11-6-4-5-8(11)10/h10H,4-7H2,1-3H3. The molecule has 0 aliphatic carbocycles. The van der Waals surface area contributed by atoms with Crippen LogP contribution in [0.4, 0.5) is 0 Å². The lowest BCUT2D eigenvalue weighted by atomic mass is 9.96. The van der Waals surface area contributed by atoms with Gasteiger partial charge in [-0.2, -0.15) is 0 Å². The Balaban J connectivity index is 2.43. The maximum absolute atomic E-state index is 7.61. The van der Waals surface area contributed by atoms with Crippen molar-refractivity contribution in [3.8, 4) is 0 Å². The van der Waals surface area contributed by atoms with E-state index in [-0.39, 0.29) is 0 Å². The van der Waals surface area contributed by atoms with Crippen molar-refractivity contribution in [1.82, 2.24) is 4.90 Å². The largest absolute Gasteiger partial charge is 0.360 e. The van der Waals surface area contributed by atoms with Crippen LogP contribution in [0.3, 0.4) is 0 Å². The van der Waals surface area contributed by atoms with Gasteiger partial charge in [-0.3, -0.25) is 5.41 Å². The molecule has 2 heteroatoms. The minimum atomic E-state index is 0.330. The predicted octanol–water partition coefficient (Wildman–Crippen LogP) is 2.11. The molecule has 1 saturated heterocycles. The first kappa shape index (κ1) is 8.57. The van der Waals surface area contributed by atoms with E-state index in [4.69, 9.17) is 5.41 Å². The Morgan fingerprint density at radius 3 is 2.45 bits per heavy atom. The van der Waals surface area contributed by atoms with Crippen molar-refractivity contribution in [2.24, 2.45) is 5.41 Å². The summed E-state index contributed by atoms with van der Waals surface area (Å²) in [6.07, 6.45) is 2.16. The molecule has 1 aliphatic heterocycles. The van der Waals surface area contributed by atoms with E-state index in [1.807, 2.05) is 0 Å². The minimum Gasteiger partial charge on any atom is -0.360 e. The highest BCUT2D eigenvalue weighted by atomic mass is 15.2. The summed E-state index contributed by atoms with van der Waals surface area (Å²) in [5.74, 6) is 0.833. The van der Waals surface area contributed by atoms with Gasteiger partial charge in [-0.1, -0.05) is 20.8 Å². The Hall–Kier alpha value is -0.530. The van der Waals surface area contributed by atoms with Crippen LogP contribution in [-0.4, -0.2) is 23.8 Å². The van der Waals surface area contributed by atoms with E-state index in [9.17, 15) is 0 Å². The summed E-state index contributed by atoms with van der Waals surface area (Å²) in [5, 5.41) is 7.61. The van der Waals surface area contributed by atoms with E-state index in [1.165, 1.54) is 6.42 Å². The van der Waals surface area contributed by atoms with Crippen molar-refractivity contribution in [2.75, 3.05) is 13.1 Å². The van der Waals surface area contributed by atoms with E-state index < -0.39 is 0 Å². The third kappa shape index (κ3) is 2.52. The molecule has 64 valence electrons. The normalized spacial score (nSPS) is 19.5. The molecule has 1 heterocycles. The van der Waals surface area contributed by atoms with Crippen molar-refractivity contribution in [2.45, 2.75) is 33.6 Å². The van der Waals surface area contributed by atoms with Crippen molar-refractivity contribution < 1.29 is 0 Å². The predicted molar refractivity (Wildman–Crippen MR) is 48.0 cm³/mol. The molecular formula is C9H18N2. The Labute approximate surface area is 69.1 Å². The lowest BCUT2D eigenvalue weighted by Gasteiger charge is -2.27. The number of likely N-dealkylation sites (tertiary alicyclic amines) is 1. The van der Waals surface area contributed by atoms with E-state index >= 15 is 0 Å². The summed E-state index contributed by atoms with van der Waals surface area (Å²) in [6, 6.07) is 0. The molecule has 2 nitrogen and oxygen atoms in total. The fourth-order valence-electron chi connectivity index (χ4n) is 1.48. The van der Waals surface area contributed by atoms with Gasteiger partial charge in [-0.15, -0.1) is 0 Å². The zero-order valence-corrected chi connectivity index (χ0v) is 7.78. The molecule has 0 atom stereocenters. The number of nitrogens with zero attached hydrogens (tertiary/aromatic N) is 1. The number of hydrogen-bond donors (Lipinski definition) is 1. The summed E-state index contributed by atoms with van der Waals surface area (Å²) >= 11 is 0. The Morgan fingerprint density at radius 2 is 2.09 bits per heavy atom. The smallest absolute Gasteiger partial charge is 0.0958 e. The monoisotopic (exact) mass is 154 g/mol. The van der Waals surface area contributed by atoms with Crippen molar-refractivity contribution in [3.63, 3.8) is 0 Å². The zero-order chi connectivity index (χ0) is 8.48. The van der Waals surface area contributed by atoms with Crippen LogP contribution in [0.5, 0.6) is 0 Å². The fourth-order valence-corrected chi connectivity index (χ4v) is 1.48. The van der Waals surface area contributed by atoms with Crippen LogP contribution in [0, 0.1) is 10.8 Å². The van der Waals surface area contributed by atoms with Crippen LogP contribution in [0.2, 0.25) is 0 Å². The lowest BCUT2D eigenvalue weighted by Crippen LogP contribution is -2.33. The molecule has 11 heavy (non-hydrogen) atoms. The van der Waals surface area contributed by atoms with Crippen molar-refractivity contribution >= 4 is 5.84 Å². The molecule has 0 radical (unpaired) electrons. The highest BCUT2D eigenvalue weighted by Crippen LogP contribution is 2.19. The van der Waals surface area contributed by atoms with Gasteiger partial charge in [0.05, 0.1) is 5.84 Å². The van der Waals surface area contributed by atoms with Gasteiger partial charge in [-0.25, -0.2) is 0 Å². The quantitative estimate of drug-likeness (QED) is 0.615. The third-order valence-corrected chi connectivity index (χ3v) is 1.89. The van der Waals surface area contributed by atoms with Crippen molar-refractivity contribution in [1.29, 1.82) is 5.41 Å². The van der Waals surface area contributed by atoms with E-state index in [0.717, 1.165) is 25.3 Å². The molecule has 0 aromatic heterocycles. The van der Waals surface area contributed by atoms with Gasteiger partial charge in [0.25, 0.3) is 0 Å². The molecule has 1 N–H and O–H groups in total. The van der Waals surface area contributed by atoms with Crippen LogP contribution in [0.15, 0.2) is 0 Å². The van der Waals surface area contributed by atoms with Crippen LogP contribution in [0.1, 0.15) is 33.6 Å². The van der Waals surface area contributed by atoms with E-state index in [0.29, 0.717) is 5.41 Å².